The number of nitrogens with two attached hydrogens (primary N) is 1. The van der Waals surface area contributed by atoms with E-state index in [2.05, 4.69) is 77.8 Å². The van der Waals surface area contributed by atoms with E-state index in [4.69, 9.17) is 17.3 Å². The summed E-state index contributed by atoms with van der Waals surface area (Å²) in [7, 11) is 0. The molecule has 3 N–H and O–H groups in total. The third-order valence-electron chi connectivity index (χ3n) is 8.37. The van der Waals surface area contributed by atoms with Gasteiger partial charge in [0.05, 0.1) is 0 Å². The maximum Gasteiger partial charge on any atom is 0.0456 e. The van der Waals surface area contributed by atoms with Crippen LogP contribution in [0.1, 0.15) is 40.3 Å². The number of aromatic nitrogens is 1. The van der Waals surface area contributed by atoms with Crippen molar-refractivity contribution in [3.8, 4) is 33.5 Å². The third-order valence-corrected chi connectivity index (χ3v) is 8.61. The zero-order valence-corrected chi connectivity index (χ0v) is 21.5. The molecule has 0 spiro atoms. The van der Waals surface area contributed by atoms with Crippen LogP contribution in [-0.2, 0) is 25.7 Å². The van der Waals surface area contributed by atoms with Crippen LogP contribution in [0.5, 0.6) is 0 Å². The molecule has 7 rings (SSSR count). The van der Waals surface area contributed by atoms with Gasteiger partial charge in [-0.15, -0.1) is 0 Å². The quantitative estimate of drug-likeness (QED) is 0.239. The van der Waals surface area contributed by atoms with Crippen molar-refractivity contribution in [2.45, 2.75) is 38.0 Å². The van der Waals surface area contributed by atoms with Crippen molar-refractivity contribution in [1.82, 2.24) is 4.98 Å². The van der Waals surface area contributed by atoms with Crippen LogP contribution < -0.4 is 5.73 Å². The van der Waals surface area contributed by atoms with Gasteiger partial charge in [0.25, 0.3) is 0 Å². The Balaban J connectivity index is 1.26. The minimum absolute atomic E-state index is 0.524. The van der Waals surface area contributed by atoms with Crippen molar-refractivity contribution in [1.29, 1.82) is 0 Å². The summed E-state index contributed by atoms with van der Waals surface area (Å²) in [6, 6.07) is 32.3. The van der Waals surface area contributed by atoms with E-state index in [0.29, 0.717) is 5.92 Å². The van der Waals surface area contributed by atoms with Gasteiger partial charge in [-0.1, -0.05) is 72.3 Å². The van der Waals surface area contributed by atoms with Gasteiger partial charge in [-0.25, -0.2) is 0 Å². The highest BCUT2D eigenvalue weighted by Gasteiger charge is 2.28. The van der Waals surface area contributed by atoms with Gasteiger partial charge >= 0.3 is 0 Å². The smallest absolute Gasteiger partial charge is 0.0456 e. The summed E-state index contributed by atoms with van der Waals surface area (Å²) in [5.41, 5.74) is 22.0. The average molecular weight is 501 g/mol. The van der Waals surface area contributed by atoms with Gasteiger partial charge in [-0.05, 0) is 107 Å². The molecule has 0 aliphatic heterocycles. The lowest BCUT2D eigenvalue weighted by Gasteiger charge is -2.31. The number of aromatic amines is 1. The molecule has 4 aromatic carbocycles. The van der Waals surface area contributed by atoms with Crippen molar-refractivity contribution in [3.63, 3.8) is 0 Å². The van der Waals surface area contributed by atoms with Gasteiger partial charge in [0, 0.05) is 33.6 Å². The molecule has 2 nitrogen and oxygen atoms in total. The van der Waals surface area contributed by atoms with Crippen LogP contribution in [-0.4, -0.2) is 4.98 Å². The number of halogens is 1. The van der Waals surface area contributed by atoms with Gasteiger partial charge < -0.3 is 10.7 Å². The molecule has 0 amide bonds. The second-order valence-corrected chi connectivity index (χ2v) is 10.9. The number of hydrogen-bond acceptors (Lipinski definition) is 1. The SMILES string of the molecule is Nc1ccc(Cl)cc1-c1cccc2c1CCc1c-2ccc2c1CC(c1ccc(-c3ccccc3)[nH]1)CC2. The van der Waals surface area contributed by atoms with Crippen LogP contribution >= 0.6 is 11.6 Å². The van der Waals surface area contributed by atoms with Crippen LogP contribution in [0.25, 0.3) is 33.5 Å². The monoisotopic (exact) mass is 500 g/mol. The molecule has 1 heterocycles. The number of H-pyrrole nitrogens is 1. The number of anilines is 1. The van der Waals surface area contributed by atoms with E-state index < -0.39 is 0 Å². The van der Waals surface area contributed by atoms with E-state index >= 15 is 0 Å². The minimum Gasteiger partial charge on any atom is -0.398 e. The number of nitrogen functional groups attached to an aromatic ring is 1. The molecule has 2 aliphatic rings. The molecular weight excluding hydrogens is 472 g/mol. The fourth-order valence-corrected chi connectivity index (χ4v) is 6.69. The minimum atomic E-state index is 0.524. The van der Waals surface area contributed by atoms with Crippen molar-refractivity contribution < 1.29 is 0 Å². The Kier molecular flexibility index (Phi) is 5.44. The average Bonchev–Trinajstić information content (AvgIpc) is 3.44. The van der Waals surface area contributed by atoms with Crippen LogP contribution in [0.2, 0.25) is 5.02 Å². The van der Waals surface area contributed by atoms with Crippen LogP contribution in [0, 0.1) is 0 Å². The second kappa shape index (κ2) is 8.97. The highest BCUT2D eigenvalue weighted by atomic mass is 35.5. The molecule has 0 saturated carbocycles. The maximum atomic E-state index is 6.39. The van der Waals surface area contributed by atoms with Crippen LogP contribution in [0.4, 0.5) is 5.69 Å². The fourth-order valence-electron chi connectivity index (χ4n) is 6.52. The number of rotatable bonds is 3. The standard InChI is InChI=1S/C34H29ClN2/c35-24-12-16-32(36)31(20-24)26-8-4-7-25-27-13-11-21-9-10-23(19-30(21)29(27)15-14-28(25)26)34-18-17-33(37-34)22-5-2-1-3-6-22/h1-8,11-13,16-18,20,23,37H,9-10,14-15,19,36H2. The predicted molar refractivity (Wildman–Crippen MR) is 155 cm³/mol. The van der Waals surface area contributed by atoms with Gasteiger partial charge in [-0.3, -0.25) is 0 Å². The molecule has 37 heavy (non-hydrogen) atoms. The van der Waals surface area contributed by atoms with Gasteiger partial charge in [0.1, 0.15) is 0 Å². The normalized spacial score (nSPS) is 16.1. The topological polar surface area (TPSA) is 41.8 Å². The zero-order chi connectivity index (χ0) is 24.9. The second-order valence-electron chi connectivity index (χ2n) is 10.4. The first-order valence-electron chi connectivity index (χ1n) is 13.2. The largest absolute Gasteiger partial charge is 0.398 e. The lowest BCUT2D eigenvalue weighted by Crippen LogP contribution is -2.18. The molecule has 1 aromatic heterocycles. The highest BCUT2D eigenvalue weighted by molar-refractivity contribution is 6.31. The summed E-state index contributed by atoms with van der Waals surface area (Å²) in [4.78, 5) is 3.74. The highest BCUT2D eigenvalue weighted by Crippen LogP contribution is 2.45. The Bertz CT molecular complexity index is 1630. The summed E-state index contributed by atoms with van der Waals surface area (Å²) in [6.07, 6.45) is 5.51. The number of benzene rings is 4. The number of fused-ring (bicyclic) bond motifs is 5. The number of nitrogens with one attached hydrogen (secondary N) is 1. The molecule has 0 bridgehead atoms. The summed E-state index contributed by atoms with van der Waals surface area (Å²) >= 11 is 6.35. The summed E-state index contributed by atoms with van der Waals surface area (Å²) in [5, 5.41) is 0.720. The Morgan fingerprint density at radius 3 is 2.32 bits per heavy atom. The molecule has 182 valence electrons. The molecule has 3 heteroatoms. The molecule has 0 saturated heterocycles. The third kappa shape index (κ3) is 3.88. The van der Waals surface area contributed by atoms with Crippen molar-refractivity contribution in [2.75, 3.05) is 5.73 Å². The first-order valence-corrected chi connectivity index (χ1v) is 13.6. The van der Waals surface area contributed by atoms with Crippen molar-refractivity contribution >= 4 is 17.3 Å². The first kappa shape index (κ1) is 22.4. The Labute approximate surface area is 223 Å². The van der Waals surface area contributed by atoms with Crippen molar-refractivity contribution in [3.05, 3.63) is 124 Å². The van der Waals surface area contributed by atoms with E-state index in [1.165, 1.54) is 51.2 Å². The Hall–Kier alpha value is -3.75. The zero-order valence-electron chi connectivity index (χ0n) is 20.7. The Morgan fingerprint density at radius 2 is 1.46 bits per heavy atom. The molecule has 0 radical (unpaired) electrons. The molecule has 0 fully saturated rings. The molecule has 5 aromatic rings. The van der Waals surface area contributed by atoms with Gasteiger partial charge in [0.15, 0.2) is 0 Å². The number of hydrogen-bond donors (Lipinski definition) is 2. The van der Waals surface area contributed by atoms with E-state index in [9.17, 15) is 0 Å². The molecular formula is C34H29ClN2. The summed E-state index contributed by atoms with van der Waals surface area (Å²) in [5.74, 6) is 0.524. The van der Waals surface area contributed by atoms with E-state index in [-0.39, 0.29) is 0 Å². The predicted octanol–water partition coefficient (Wildman–Crippen LogP) is 8.62. The van der Waals surface area contributed by atoms with Crippen LogP contribution in [0.3, 0.4) is 0 Å². The molecule has 1 atom stereocenters. The fraction of sp³-hybridized carbons (Fsp3) is 0.176. The molecule has 1 unspecified atom stereocenters. The summed E-state index contributed by atoms with van der Waals surface area (Å²) in [6.45, 7) is 0. The van der Waals surface area contributed by atoms with Gasteiger partial charge in [0.2, 0.25) is 0 Å². The lowest BCUT2D eigenvalue weighted by atomic mass is 9.74. The van der Waals surface area contributed by atoms with Crippen molar-refractivity contribution in [2.24, 2.45) is 0 Å². The van der Waals surface area contributed by atoms with Crippen LogP contribution in [0.15, 0.2) is 91.0 Å². The van der Waals surface area contributed by atoms with E-state index in [0.717, 1.165) is 42.0 Å². The first-order chi connectivity index (χ1) is 18.2. The van der Waals surface area contributed by atoms with E-state index in [1.807, 2.05) is 18.2 Å². The maximum absolute atomic E-state index is 6.39. The van der Waals surface area contributed by atoms with E-state index in [1.54, 1.807) is 11.1 Å². The lowest BCUT2D eigenvalue weighted by molar-refractivity contribution is 0.569. The Morgan fingerprint density at radius 1 is 0.676 bits per heavy atom. The number of aryl methyl sites for hydroxylation is 1. The summed E-state index contributed by atoms with van der Waals surface area (Å²) < 4.78 is 0. The molecule has 2 aliphatic carbocycles. The van der Waals surface area contributed by atoms with Gasteiger partial charge in [-0.2, -0.15) is 0 Å².